The van der Waals surface area contributed by atoms with E-state index in [0.29, 0.717) is 44.0 Å². The Hall–Kier alpha value is -3.13. The van der Waals surface area contributed by atoms with Crippen LogP contribution in [0.25, 0.3) is 0 Å². The third kappa shape index (κ3) is 6.38. The number of nitrogens with zero attached hydrogens (tertiary/aromatic N) is 5. The topological polar surface area (TPSA) is 164 Å². The van der Waals surface area contributed by atoms with Gasteiger partial charge in [0.2, 0.25) is 0 Å². The number of amides is 2. The van der Waals surface area contributed by atoms with Crippen LogP contribution in [0.3, 0.4) is 0 Å². The lowest BCUT2D eigenvalue weighted by Gasteiger charge is -2.38. The van der Waals surface area contributed by atoms with E-state index in [1.807, 2.05) is 36.2 Å². The van der Waals surface area contributed by atoms with Crippen LogP contribution in [0.5, 0.6) is 0 Å². The van der Waals surface area contributed by atoms with E-state index in [-0.39, 0.29) is 40.0 Å². The SMILES string of the molecule is CN(CC1CCCO1)Sc1cccc(C(=O)N2CCC3(CC2)CN/C(=N\C(=O)c2nc(Cl)c(N)nc2N)N3)c1. The highest BCUT2D eigenvalue weighted by atomic mass is 35.5. The molecule has 3 saturated heterocycles. The van der Waals surface area contributed by atoms with E-state index in [1.54, 1.807) is 11.9 Å². The number of nitrogens with two attached hydrogens (primary N) is 2. The number of hydrogen-bond acceptors (Lipinski definition) is 9. The van der Waals surface area contributed by atoms with Crippen LogP contribution >= 0.6 is 23.5 Å². The number of aromatic nitrogens is 2. The van der Waals surface area contributed by atoms with Crippen LogP contribution in [-0.2, 0) is 4.74 Å². The lowest BCUT2D eigenvalue weighted by Crippen LogP contribution is -2.53. The number of piperidine rings is 1. The van der Waals surface area contributed by atoms with Crippen LogP contribution in [0.2, 0.25) is 5.15 Å². The van der Waals surface area contributed by atoms with E-state index < -0.39 is 5.91 Å². The largest absolute Gasteiger partial charge is 0.382 e. The molecule has 14 heteroatoms. The predicted molar refractivity (Wildman–Crippen MR) is 151 cm³/mol. The first-order chi connectivity index (χ1) is 18.7. The fourth-order valence-electron chi connectivity index (χ4n) is 5.01. The zero-order valence-electron chi connectivity index (χ0n) is 21.7. The summed E-state index contributed by atoms with van der Waals surface area (Å²) in [5.41, 5.74) is 11.5. The molecular weight excluding hydrogens is 542 g/mol. The van der Waals surface area contributed by atoms with Gasteiger partial charge in [-0.15, -0.1) is 0 Å². The zero-order chi connectivity index (χ0) is 27.6. The van der Waals surface area contributed by atoms with Crippen molar-refractivity contribution in [3.05, 3.63) is 40.7 Å². The second-order valence-electron chi connectivity index (χ2n) is 10.0. The number of nitrogen functional groups attached to an aromatic ring is 2. The van der Waals surface area contributed by atoms with Crippen molar-refractivity contribution in [2.45, 2.75) is 42.2 Å². The summed E-state index contributed by atoms with van der Waals surface area (Å²) in [6, 6.07) is 7.76. The lowest BCUT2D eigenvalue weighted by molar-refractivity contribution is 0.0668. The molecule has 1 atom stereocenters. The monoisotopic (exact) mass is 573 g/mol. The van der Waals surface area contributed by atoms with Gasteiger partial charge in [0.15, 0.2) is 28.4 Å². The van der Waals surface area contributed by atoms with Gasteiger partial charge in [0.25, 0.3) is 5.91 Å². The third-order valence-corrected chi connectivity index (χ3v) is 8.34. The summed E-state index contributed by atoms with van der Waals surface area (Å²) in [6.45, 7) is 3.43. The van der Waals surface area contributed by atoms with E-state index in [9.17, 15) is 9.59 Å². The van der Waals surface area contributed by atoms with Gasteiger partial charge in [0.1, 0.15) is 0 Å². The number of halogens is 1. The Morgan fingerprint density at radius 3 is 2.82 bits per heavy atom. The fourth-order valence-corrected chi connectivity index (χ4v) is 6.06. The molecule has 5 rings (SSSR count). The van der Waals surface area contributed by atoms with Crippen molar-refractivity contribution in [3.8, 4) is 0 Å². The number of ether oxygens (including phenoxy) is 1. The number of hydrogen-bond donors (Lipinski definition) is 4. The fraction of sp³-hybridized carbons (Fsp3) is 0.480. The van der Waals surface area contributed by atoms with E-state index in [1.165, 1.54) is 0 Å². The van der Waals surface area contributed by atoms with Crippen molar-refractivity contribution in [1.82, 2.24) is 29.8 Å². The van der Waals surface area contributed by atoms with Crippen molar-refractivity contribution < 1.29 is 14.3 Å². The van der Waals surface area contributed by atoms with Gasteiger partial charge in [-0.1, -0.05) is 17.7 Å². The minimum atomic E-state index is -0.680. The predicted octanol–water partition coefficient (Wildman–Crippen LogP) is 1.78. The Labute approximate surface area is 236 Å². The molecule has 0 bridgehead atoms. The highest BCUT2D eigenvalue weighted by Crippen LogP contribution is 2.28. The zero-order valence-corrected chi connectivity index (χ0v) is 23.2. The first-order valence-corrected chi connectivity index (χ1v) is 14.0. The number of nitrogens with one attached hydrogen (secondary N) is 2. The lowest BCUT2D eigenvalue weighted by atomic mass is 9.88. The van der Waals surface area contributed by atoms with Crippen LogP contribution in [0.1, 0.15) is 46.5 Å². The molecule has 0 saturated carbocycles. The molecule has 12 nitrogen and oxygen atoms in total. The average Bonchev–Trinajstić information content (AvgIpc) is 3.56. The molecular formula is C25H32ClN9O3S. The Kier molecular flexibility index (Phi) is 8.12. The molecule has 2 amide bonds. The molecule has 6 N–H and O–H groups in total. The highest BCUT2D eigenvalue weighted by Gasteiger charge is 2.41. The summed E-state index contributed by atoms with van der Waals surface area (Å²) in [4.78, 5) is 40.6. The van der Waals surface area contributed by atoms with E-state index in [4.69, 9.17) is 27.8 Å². The number of rotatable bonds is 6. The van der Waals surface area contributed by atoms with E-state index in [0.717, 1.165) is 30.9 Å². The minimum Gasteiger partial charge on any atom is -0.382 e. The second-order valence-corrected chi connectivity index (χ2v) is 11.7. The summed E-state index contributed by atoms with van der Waals surface area (Å²) >= 11 is 7.51. The quantitative estimate of drug-likeness (QED) is 0.372. The Bertz CT molecular complexity index is 1280. The molecule has 2 aromatic rings. The summed E-state index contributed by atoms with van der Waals surface area (Å²) in [5, 5.41) is 6.36. The van der Waals surface area contributed by atoms with Gasteiger partial charge in [-0.25, -0.2) is 14.3 Å². The summed E-state index contributed by atoms with van der Waals surface area (Å²) in [6.07, 6.45) is 3.89. The van der Waals surface area contributed by atoms with Crippen LogP contribution in [0.15, 0.2) is 34.2 Å². The smallest absolute Gasteiger partial charge is 0.302 e. The molecule has 39 heavy (non-hydrogen) atoms. The number of likely N-dealkylation sites (N-methyl/N-ethyl adjacent to an activating group) is 1. The number of guanidine groups is 1. The number of benzene rings is 1. The maximum absolute atomic E-state index is 13.3. The number of aliphatic imine (C=N–C) groups is 1. The van der Waals surface area contributed by atoms with Gasteiger partial charge in [0.05, 0.1) is 11.6 Å². The molecule has 1 aromatic heterocycles. The molecule has 3 aliphatic rings. The Morgan fingerprint density at radius 2 is 2.08 bits per heavy atom. The van der Waals surface area contributed by atoms with Gasteiger partial charge in [-0.3, -0.25) is 9.59 Å². The van der Waals surface area contributed by atoms with Gasteiger partial charge in [0, 0.05) is 43.2 Å². The van der Waals surface area contributed by atoms with Gasteiger partial charge < -0.3 is 31.7 Å². The highest BCUT2D eigenvalue weighted by molar-refractivity contribution is 7.97. The maximum Gasteiger partial charge on any atom is 0.302 e. The average molecular weight is 574 g/mol. The number of carbonyl (C=O) groups is 2. The van der Waals surface area contributed by atoms with E-state index >= 15 is 0 Å². The molecule has 3 aliphatic heterocycles. The molecule has 208 valence electrons. The Morgan fingerprint density at radius 1 is 1.28 bits per heavy atom. The molecule has 4 heterocycles. The Balaban J connectivity index is 1.16. The molecule has 1 spiro atoms. The molecule has 3 fully saturated rings. The second kappa shape index (κ2) is 11.5. The molecule has 0 radical (unpaired) electrons. The number of anilines is 2. The van der Waals surface area contributed by atoms with Crippen LogP contribution in [-0.4, -0.2) is 88.4 Å². The van der Waals surface area contributed by atoms with Crippen molar-refractivity contribution in [3.63, 3.8) is 0 Å². The molecule has 1 unspecified atom stereocenters. The standard InChI is InChI=1S/C25H32ClN9O3S/c1-34(13-16-5-3-11-38-16)39-17-6-2-4-15(12-17)23(37)35-9-7-25(8-10-35)14-29-24(33-25)32-22(36)18-20(27)31-21(28)19(26)30-18/h2,4,6,12,16H,3,5,7-11,13-14H2,1H3,(H4,27,28,31)(H2,29,32,33,36). The number of likely N-dealkylation sites (tertiary alicyclic amines) is 1. The van der Waals surface area contributed by atoms with Crippen LogP contribution in [0, 0.1) is 0 Å². The van der Waals surface area contributed by atoms with Gasteiger partial charge >= 0.3 is 5.91 Å². The van der Waals surface area contributed by atoms with Gasteiger partial charge in [-0.05, 0) is 62.9 Å². The summed E-state index contributed by atoms with van der Waals surface area (Å²) in [7, 11) is 2.05. The van der Waals surface area contributed by atoms with Crippen LogP contribution < -0.4 is 22.1 Å². The van der Waals surface area contributed by atoms with Crippen molar-refractivity contribution in [2.24, 2.45) is 4.99 Å². The molecule has 1 aromatic carbocycles. The normalized spacial score (nSPS) is 21.4. The van der Waals surface area contributed by atoms with E-state index in [2.05, 4.69) is 29.9 Å². The van der Waals surface area contributed by atoms with Crippen LogP contribution in [0.4, 0.5) is 11.6 Å². The summed E-state index contributed by atoms with van der Waals surface area (Å²) in [5.74, 6) is -0.532. The summed E-state index contributed by atoms with van der Waals surface area (Å²) < 4.78 is 7.89. The first kappa shape index (κ1) is 27.4. The molecule has 0 aliphatic carbocycles. The number of carbonyl (C=O) groups excluding carboxylic acids is 2. The van der Waals surface area contributed by atoms with Gasteiger partial charge in [-0.2, -0.15) is 4.99 Å². The first-order valence-electron chi connectivity index (χ1n) is 12.8. The minimum absolute atomic E-state index is 0.0124. The maximum atomic E-state index is 13.3. The van der Waals surface area contributed by atoms with Crippen molar-refractivity contribution in [2.75, 3.05) is 51.3 Å². The van der Waals surface area contributed by atoms with Crippen molar-refractivity contribution in [1.29, 1.82) is 0 Å². The third-order valence-electron chi connectivity index (χ3n) is 7.13. The van der Waals surface area contributed by atoms with Crippen molar-refractivity contribution >= 4 is 53.0 Å².